The standard InChI is InChI=1S/C21H25FN2O6/c1-30-20-17-13(19(27)14(21(28)29)9-24(17)12-4-5-12)7-15(22)18(20)23-6-2-3-11(8-23)16(26)10-25/h7,9,11-12,16,25-26H,2-6,8,10H2,1H3,(H,28,29). The number of carbonyl (C=O) groups is 1. The highest BCUT2D eigenvalue weighted by Gasteiger charge is 2.33. The summed E-state index contributed by atoms with van der Waals surface area (Å²) in [7, 11) is 1.40. The number of aliphatic hydroxyl groups is 2. The second-order valence-corrected chi connectivity index (χ2v) is 8.05. The molecule has 2 unspecified atom stereocenters. The Hall–Kier alpha value is -2.65. The Morgan fingerprint density at radius 2 is 2.10 bits per heavy atom. The van der Waals surface area contributed by atoms with Gasteiger partial charge >= 0.3 is 5.97 Å². The Bertz CT molecular complexity index is 1050. The van der Waals surface area contributed by atoms with E-state index in [1.54, 1.807) is 9.47 Å². The maximum atomic E-state index is 15.3. The molecule has 1 aliphatic heterocycles. The van der Waals surface area contributed by atoms with Gasteiger partial charge in [-0.05, 0) is 31.7 Å². The Kier molecular flexibility index (Phi) is 5.42. The molecule has 2 aliphatic rings. The molecule has 8 nitrogen and oxygen atoms in total. The quantitative estimate of drug-likeness (QED) is 0.653. The largest absolute Gasteiger partial charge is 0.492 e. The number of ether oxygens (including phenoxy) is 1. The number of rotatable bonds is 6. The van der Waals surface area contributed by atoms with Gasteiger partial charge in [0, 0.05) is 31.2 Å². The third-order valence-electron chi connectivity index (χ3n) is 6.08. The summed E-state index contributed by atoms with van der Waals surface area (Å²) in [6.45, 7) is 0.505. The molecule has 1 aromatic heterocycles. The molecular weight excluding hydrogens is 395 g/mol. The zero-order chi connectivity index (χ0) is 21.6. The highest BCUT2D eigenvalue weighted by molar-refractivity contribution is 5.97. The minimum absolute atomic E-state index is 0.0242. The molecular formula is C21H25FN2O6. The van der Waals surface area contributed by atoms with Crippen molar-refractivity contribution in [3.8, 4) is 5.75 Å². The third-order valence-corrected chi connectivity index (χ3v) is 6.08. The first kappa shape index (κ1) is 20.6. The first-order valence-corrected chi connectivity index (χ1v) is 10.1. The molecule has 162 valence electrons. The van der Waals surface area contributed by atoms with Gasteiger partial charge in [0.05, 0.1) is 30.7 Å². The van der Waals surface area contributed by atoms with Crippen LogP contribution in [0.25, 0.3) is 10.9 Å². The number of hydrogen-bond acceptors (Lipinski definition) is 6. The highest BCUT2D eigenvalue weighted by Crippen LogP contribution is 2.44. The van der Waals surface area contributed by atoms with Gasteiger partial charge in [-0.25, -0.2) is 9.18 Å². The number of aliphatic hydroxyl groups excluding tert-OH is 2. The van der Waals surface area contributed by atoms with Crippen molar-refractivity contribution < 1.29 is 29.2 Å². The maximum Gasteiger partial charge on any atom is 0.341 e. The second kappa shape index (κ2) is 7.88. The van der Waals surface area contributed by atoms with Crippen molar-refractivity contribution in [2.45, 2.75) is 37.8 Å². The van der Waals surface area contributed by atoms with E-state index in [1.165, 1.54) is 13.3 Å². The number of benzene rings is 1. The van der Waals surface area contributed by atoms with Gasteiger partial charge in [-0.3, -0.25) is 4.79 Å². The Morgan fingerprint density at radius 3 is 2.70 bits per heavy atom. The molecule has 1 aromatic carbocycles. The average Bonchev–Trinajstić information content (AvgIpc) is 3.58. The molecule has 9 heteroatoms. The first-order valence-electron chi connectivity index (χ1n) is 10.1. The van der Waals surface area contributed by atoms with E-state index in [-0.39, 0.29) is 35.4 Å². The molecule has 0 radical (unpaired) electrons. The zero-order valence-corrected chi connectivity index (χ0v) is 16.7. The number of nitrogens with zero attached hydrogens (tertiary/aromatic N) is 2. The van der Waals surface area contributed by atoms with Crippen LogP contribution in [0.3, 0.4) is 0 Å². The van der Waals surface area contributed by atoms with Crippen molar-refractivity contribution >= 4 is 22.6 Å². The number of hydrogen-bond donors (Lipinski definition) is 3. The minimum atomic E-state index is -1.35. The lowest BCUT2D eigenvalue weighted by molar-refractivity contribution is 0.0413. The molecule has 1 aliphatic carbocycles. The Morgan fingerprint density at radius 1 is 1.37 bits per heavy atom. The molecule has 0 bridgehead atoms. The average molecular weight is 420 g/mol. The van der Waals surface area contributed by atoms with Crippen molar-refractivity contribution in [3.63, 3.8) is 0 Å². The molecule has 3 N–H and O–H groups in total. The summed E-state index contributed by atoms with van der Waals surface area (Å²) in [4.78, 5) is 26.1. The number of aromatic nitrogens is 1. The van der Waals surface area contributed by atoms with Gasteiger partial charge in [0.2, 0.25) is 5.43 Å². The summed E-state index contributed by atoms with van der Waals surface area (Å²) in [6.07, 6.45) is 3.51. The van der Waals surface area contributed by atoms with Crippen molar-refractivity contribution in [2.24, 2.45) is 5.92 Å². The number of carboxylic acid groups (broad SMARTS) is 1. The monoisotopic (exact) mass is 420 g/mol. The van der Waals surface area contributed by atoms with Crippen LogP contribution in [0.5, 0.6) is 5.75 Å². The molecule has 1 saturated heterocycles. The number of halogens is 1. The summed E-state index contributed by atoms with van der Waals surface area (Å²) < 4.78 is 22.6. The van der Waals surface area contributed by atoms with E-state index >= 15 is 4.39 Å². The second-order valence-electron chi connectivity index (χ2n) is 8.05. The fourth-order valence-corrected chi connectivity index (χ4v) is 4.40. The van der Waals surface area contributed by atoms with E-state index in [0.717, 1.165) is 18.9 Å². The predicted octanol–water partition coefficient (Wildman–Crippen LogP) is 1.75. The topological polar surface area (TPSA) is 112 Å². The summed E-state index contributed by atoms with van der Waals surface area (Å²) in [5.41, 5.74) is -0.564. The molecule has 2 aromatic rings. The molecule has 2 heterocycles. The van der Waals surface area contributed by atoms with Crippen LogP contribution in [0.2, 0.25) is 0 Å². The number of piperidine rings is 1. The van der Waals surface area contributed by atoms with Gasteiger partial charge in [-0.15, -0.1) is 0 Å². The number of pyridine rings is 1. The number of carboxylic acids is 1. The van der Waals surface area contributed by atoms with Crippen LogP contribution in [0.15, 0.2) is 17.1 Å². The fourth-order valence-electron chi connectivity index (χ4n) is 4.40. The normalized spacial score (nSPS) is 20.4. The van der Waals surface area contributed by atoms with Crippen LogP contribution in [0, 0.1) is 11.7 Å². The van der Waals surface area contributed by atoms with Gasteiger partial charge in [-0.2, -0.15) is 0 Å². The number of methoxy groups -OCH3 is 1. The number of aromatic carboxylic acids is 1. The minimum Gasteiger partial charge on any atom is -0.492 e. The Balaban J connectivity index is 1.93. The van der Waals surface area contributed by atoms with Crippen LogP contribution < -0.4 is 15.1 Å². The molecule has 0 spiro atoms. The van der Waals surface area contributed by atoms with E-state index in [9.17, 15) is 24.9 Å². The van der Waals surface area contributed by atoms with Gasteiger partial charge < -0.3 is 29.5 Å². The van der Waals surface area contributed by atoms with Crippen LogP contribution in [-0.4, -0.2) is 58.8 Å². The lowest BCUT2D eigenvalue weighted by Crippen LogP contribution is -2.42. The van der Waals surface area contributed by atoms with Crippen molar-refractivity contribution in [1.82, 2.24) is 4.57 Å². The van der Waals surface area contributed by atoms with Crippen LogP contribution in [0.4, 0.5) is 10.1 Å². The van der Waals surface area contributed by atoms with Crippen molar-refractivity contribution in [3.05, 3.63) is 33.9 Å². The van der Waals surface area contributed by atoms with E-state index in [1.807, 2.05) is 0 Å². The SMILES string of the molecule is COc1c(N2CCCC(C(O)CO)C2)c(F)cc2c(=O)c(C(=O)O)cn(C3CC3)c12. The highest BCUT2D eigenvalue weighted by atomic mass is 19.1. The van der Waals surface area contributed by atoms with E-state index < -0.39 is 28.9 Å². The van der Waals surface area contributed by atoms with E-state index in [0.29, 0.717) is 31.4 Å². The zero-order valence-electron chi connectivity index (χ0n) is 16.7. The van der Waals surface area contributed by atoms with Gasteiger partial charge in [0.1, 0.15) is 11.3 Å². The molecule has 0 amide bonds. The lowest BCUT2D eigenvalue weighted by Gasteiger charge is -2.37. The number of anilines is 1. The smallest absolute Gasteiger partial charge is 0.341 e. The first-order chi connectivity index (χ1) is 14.4. The Labute approximate surface area is 172 Å². The summed E-state index contributed by atoms with van der Waals surface area (Å²) in [5.74, 6) is -2.06. The van der Waals surface area contributed by atoms with Gasteiger partial charge in [0.25, 0.3) is 0 Å². The number of fused-ring (bicyclic) bond motifs is 1. The van der Waals surface area contributed by atoms with Crippen LogP contribution in [0.1, 0.15) is 42.1 Å². The van der Waals surface area contributed by atoms with E-state index in [2.05, 4.69) is 0 Å². The summed E-state index contributed by atoms with van der Waals surface area (Å²) in [5, 5.41) is 28.7. The summed E-state index contributed by atoms with van der Waals surface area (Å²) >= 11 is 0. The molecule has 4 rings (SSSR count). The van der Waals surface area contributed by atoms with E-state index in [4.69, 9.17) is 4.74 Å². The molecule has 1 saturated carbocycles. The molecule has 2 fully saturated rings. The molecule has 2 atom stereocenters. The third kappa shape index (κ3) is 3.41. The molecule has 30 heavy (non-hydrogen) atoms. The van der Waals surface area contributed by atoms with Gasteiger partial charge in [-0.1, -0.05) is 0 Å². The fraction of sp³-hybridized carbons (Fsp3) is 0.524. The summed E-state index contributed by atoms with van der Waals surface area (Å²) in [6, 6.07) is 1.12. The maximum absolute atomic E-state index is 15.3. The lowest BCUT2D eigenvalue weighted by atomic mass is 9.92. The van der Waals surface area contributed by atoms with Crippen LogP contribution >= 0.6 is 0 Å². The predicted molar refractivity (Wildman–Crippen MR) is 108 cm³/mol. The van der Waals surface area contributed by atoms with Crippen LogP contribution in [-0.2, 0) is 0 Å². The van der Waals surface area contributed by atoms with Crippen molar-refractivity contribution in [2.75, 3.05) is 31.7 Å². The van der Waals surface area contributed by atoms with Crippen molar-refractivity contribution in [1.29, 1.82) is 0 Å². The van der Waals surface area contributed by atoms with Gasteiger partial charge in [0.15, 0.2) is 11.6 Å².